The summed E-state index contributed by atoms with van der Waals surface area (Å²) in [4.78, 5) is 17.8. The van der Waals surface area contributed by atoms with Crippen LogP contribution < -0.4 is 10.3 Å². The molecule has 1 aromatic heterocycles. The zero-order valence-electron chi connectivity index (χ0n) is 9.73. The molecule has 0 amide bonds. The first-order valence-electron chi connectivity index (χ1n) is 5.67. The van der Waals surface area contributed by atoms with E-state index in [1.807, 2.05) is 40.8 Å². The van der Waals surface area contributed by atoms with Crippen LogP contribution in [0.4, 0.5) is 0 Å². The molecular weight excluding hydrogens is 343 g/mol. The van der Waals surface area contributed by atoms with Gasteiger partial charge in [0.15, 0.2) is 0 Å². The lowest BCUT2D eigenvalue weighted by Crippen LogP contribution is -2.13. The normalized spacial score (nSPS) is 10.3. The molecule has 0 saturated carbocycles. The van der Waals surface area contributed by atoms with Crippen molar-refractivity contribution in [3.8, 4) is 5.88 Å². The van der Waals surface area contributed by atoms with Crippen LogP contribution in [0, 0.1) is 3.57 Å². The Morgan fingerprint density at radius 3 is 2.83 bits per heavy atom. The molecule has 2 aromatic rings. The maximum atomic E-state index is 11.3. The first kappa shape index (κ1) is 13.1. The summed E-state index contributed by atoms with van der Waals surface area (Å²) in [5, 5.41) is 0. The van der Waals surface area contributed by atoms with Crippen molar-refractivity contribution >= 4 is 22.6 Å². The number of halogens is 1. The second kappa shape index (κ2) is 6.53. The molecule has 1 N–H and O–H groups in total. The Morgan fingerprint density at radius 2 is 2.06 bits per heavy atom. The van der Waals surface area contributed by atoms with Crippen molar-refractivity contribution in [2.24, 2.45) is 0 Å². The molecule has 0 radical (unpaired) electrons. The number of nitrogens with one attached hydrogen (secondary N) is 1. The van der Waals surface area contributed by atoms with Gasteiger partial charge in [-0.3, -0.25) is 4.79 Å². The molecule has 18 heavy (non-hydrogen) atoms. The summed E-state index contributed by atoms with van der Waals surface area (Å²) in [5.74, 6) is 0.410. The van der Waals surface area contributed by atoms with Gasteiger partial charge in [0.05, 0.1) is 12.9 Å². The van der Waals surface area contributed by atoms with Gasteiger partial charge in [0.1, 0.15) is 3.57 Å². The summed E-state index contributed by atoms with van der Waals surface area (Å²) in [6.45, 7) is 0.557. The average molecular weight is 356 g/mol. The smallest absolute Gasteiger partial charge is 0.268 e. The Hall–Kier alpha value is -1.37. The molecule has 1 aromatic carbocycles. The maximum Gasteiger partial charge on any atom is 0.268 e. The van der Waals surface area contributed by atoms with Crippen LogP contribution in [0.1, 0.15) is 12.0 Å². The van der Waals surface area contributed by atoms with E-state index in [2.05, 4.69) is 22.1 Å². The number of hydrogen-bond acceptors (Lipinski definition) is 3. The van der Waals surface area contributed by atoms with E-state index in [4.69, 9.17) is 4.74 Å². The topological polar surface area (TPSA) is 55.0 Å². The second-order valence-corrected chi connectivity index (χ2v) is 4.87. The Kier molecular flexibility index (Phi) is 4.74. The highest BCUT2D eigenvalue weighted by Gasteiger charge is 2.05. The van der Waals surface area contributed by atoms with E-state index in [1.54, 1.807) is 0 Å². The largest absolute Gasteiger partial charge is 0.477 e. The van der Waals surface area contributed by atoms with Crippen molar-refractivity contribution in [3.05, 3.63) is 56.1 Å². The predicted molar refractivity (Wildman–Crippen MR) is 77.8 cm³/mol. The number of benzene rings is 1. The highest BCUT2D eigenvalue weighted by atomic mass is 127. The van der Waals surface area contributed by atoms with Crippen LogP contribution in [0.5, 0.6) is 5.88 Å². The zero-order chi connectivity index (χ0) is 12.8. The summed E-state index contributed by atoms with van der Waals surface area (Å²) < 4.78 is 6.00. The van der Waals surface area contributed by atoms with Crippen LogP contribution >= 0.6 is 22.6 Å². The molecule has 5 heteroatoms. The van der Waals surface area contributed by atoms with Gasteiger partial charge in [-0.2, -0.15) is 0 Å². The lowest BCUT2D eigenvalue weighted by atomic mass is 10.1. The summed E-state index contributed by atoms with van der Waals surface area (Å²) in [6, 6.07) is 10.2. The van der Waals surface area contributed by atoms with E-state index >= 15 is 0 Å². The average Bonchev–Trinajstić information content (AvgIpc) is 2.40. The fourth-order valence-electron chi connectivity index (χ4n) is 1.56. The van der Waals surface area contributed by atoms with E-state index in [1.165, 1.54) is 11.9 Å². The molecule has 1 heterocycles. The van der Waals surface area contributed by atoms with Crippen molar-refractivity contribution in [1.82, 2.24) is 9.97 Å². The molecular formula is C13H13IN2O2. The minimum absolute atomic E-state index is 0.163. The van der Waals surface area contributed by atoms with Gasteiger partial charge in [0, 0.05) is 0 Å². The zero-order valence-corrected chi connectivity index (χ0v) is 11.9. The number of aromatic amines is 1. The van der Waals surface area contributed by atoms with Gasteiger partial charge in [-0.15, -0.1) is 0 Å². The van der Waals surface area contributed by atoms with Gasteiger partial charge in [0.2, 0.25) is 5.88 Å². The Morgan fingerprint density at radius 1 is 1.28 bits per heavy atom. The van der Waals surface area contributed by atoms with E-state index in [0.717, 1.165) is 12.8 Å². The van der Waals surface area contributed by atoms with E-state index < -0.39 is 0 Å². The third-order valence-corrected chi connectivity index (χ3v) is 3.41. The molecule has 4 nitrogen and oxygen atoms in total. The fourth-order valence-corrected chi connectivity index (χ4v) is 2.01. The van der Waals surface area contributed by atoms with Crippen molar-refractivity contribution in [2.45, 2.75) is 12.8 Å². The third kappa shape index (κ3) is 3.56. The van der Waals surface area contributed by atoms with Gasteiger partial charge < -0.3 is 9.72 Å². The molecule has 0 spiro atoms. The lowest BCUT2D eigenvalue weighted by Gasteiger charge is -2.06. The predicted octanol–water partition coefficient (Wildman–Crippen LogP) is 2.39. The van der Waals surface area contributed by atoms with E-state index in [9.17, 15) is 4.79 Å². The first-order valence-corrected chi connectivity index (χ1v) is 6.75. The van der Waals surface area contributed by atoms with Crippen LogP contribution in [0.3, 0.4) is 0 Å². The van der Waals surface area contributed by atoms with Gasteiger partial charge in [-0.1, -0.05) is 30.3 Å². The van der Waals surface area contributed by atoms with Crippen LogP contribution in [-0.2, 0) is 6.42 Å². The standard InChI is InChI=1S/C13H13IN2O2/c14-11-12(17)15-9-16-13(11)18-8-4-7-10-5-2-1-3-6-10/h1-3,5-6,9H,4,7-8H2,(H,15,16,17). The molecule has 0 bridgehead atoms. The van der Waals surface area contributed by atoms with Gasteiger partial charge in [-0.25, -0.2) is 4.98 Å². The number of ether oxygens (including phenoxy) is 1. The van der Waals surface area contributed by atoms with Crippen LogP contribution in [0.25, 0.3) is 0 Å². The maximum absolute atomic E-state index is 11.3. The summed E-state index contributed by atoms with van der Waals surface area (Å²) in [6.07, 6.45) is 3.21. The van der Waals surface area contributed by atoms with Crippen LogP contribution in [0.2, 0.25) is 0 Å². The number of rotatable bonds is 5. The minimum atomic E-state index is -0.163. The van der Waals surface area contributed by atoms with Crippen molar-refractivity contribution in [1.29, 1.82) is 0 Å². The molecule has 0 aliphatic rings. The van der Waals surface area contributed by atoms with E-state index in [0.29, 0.717) is 16.1 Å². The van der Waals surface area contributed by atoms with Gasteiger partial charge >= 0.3 is 0 Å². The SMILES string of the molecule is O=c1[nH]cnc(OCCCc2ccccc2)c1I. The number of hydrogen-bond donors (Lipinski definition) is 1. The van der Waals surface area contributed by atoms with Crippen molar-refractivity contribution < 1.29 is 4.74 Å². The number of aromatic nitrogens is 2. The van der Waals surface area contributed by atoms with Crippen molar-refractivity contribution in [2.75, 3.05) is 6.61 Å². The number of aryl methyl sites for hydroxylation is 1. The van der Waals surface area contributed by atoms with Gasteiger partial charge in [-0.05, 0) is 41.0 Å². The number of nitrogens with zero attached hydrogens (tertiary/aromatic N) is 1. The second-order valence-electron chi connectivity index (χ2n) is 3.79. The molecule has 0 atom stereocenters. The highest BCUT2D eigenvalue weighted by Crippen LogP contribution is 2.12. The van der Waals surface area contributed by atoms with Crippen LogP contribution in [-0.4, -0.2) is 16.6 Å². The monoisotopic (exact) mass is 356 g/mol. The molecule has 0 unspecified atom stereocenters. The first-order chi connectivity index (χ1) is 8.77. The summed E-state index contributed by atoms with van der Waals surface area (Å²) in [5.41, 5.74) is 1.12. The molecule has 0 aliphatic heterocycles. The van der Waals surface area contributed by atoms with Crippen molar-refractivity contribution in [3.63, 3.8) is 0 Å². The molecule has 2 rings (SSSR count). The minimum Gasteiger partial charge on any atom is -0.477 e. The molecule has 0 aliphatic carbocycles. The van der Waals surface area contributed by atoms with E-state index in [-0.39, 0.29) is 5.56 Å². The highest BCUT2D eigenvalue weighted by molar-refractivity contribution is 14.1. The summed E-state index contributed by atoms with van der Waals surface area (Å²) in [7, 11) is 0. The summed E-state index contributed by atoms with van der Waals surface area (Å²) >= 11 is 1.94. The molecule has 0 saturated heterocycles. The van der Waals surface area contributed by atoms with Gasteiger partial charge in [0.25, 0.3) is 5.56 Å². The molecule has 94 valence electrons. The number of H-pyrrole nitrogens is 1. The Balaban J connectivity index is 1.82. The Labute approximate surface area is 119 Å². The fraction of sp³-hybridized carbons (Fsp3) is 0.231. The Bertz CT molecular complexity index is 554. The van der Waals surface area contributed by atoms with Crippen LogP contribution in [0.15, 0.2) is 41.5 Å². The quantitative estimate of drug-likeness (QED) is 0.661. The third-order valence-electron chi connectivity index (χ3n) is 2.46. The molecule has 0 fully saturated rings. The lowest BCUT2D eigenvalue weighted by molar-refractivity contribution is 0.296.